The summed E-state index contributed by atoms with van der Waals surface area (Å²) in [6.07, 6.45) is 1.36. The van der Waals surface area contributed by atoms with E-state index in [-0.39, 0.29) is 22.7 Å². The lowest BCUT2D eigenvalue weighted by molar-refractivity contribution is 0.102. The van der Waals surface area contributed by atoms with E-state index in [9.17, 15) is 13.2 Å². The smallest absolute Gasteiger partial charge is 0.256 e. The van der Waals surface area contributed by atoms with Gasteiger partial charge in [-0.1, -0.05) is 60.7 Å². The highest BCUT2D eigenvalue weighted by Crippen LogP contribution is 2.33. The Morgan fingerprint density at radius 3 is 2.40 bits per heavy atom. The van der Waals surface area contributed by atoms with Crippen LogP contribution in [0.15, 0.2) is 83.8 Å². The van der Waals surface area contributed by atoms with Crippen molar-refractivity contribution < 1.29 is 13.2 Å². The fraction of sp³-hybridized carbons (Fsp3) is 0.208. The second kappa shape index (κ2) is 9.06. The number of hydrogen-bond donors (Lipinski definition) is 1. The third-order valence-electron chi connectivity index (χ3n) is 5.12. The first kappa shape index (κ1) is 20.7. The van der Waals surface area contributed by atoms with Crippen molar-refractivity contribution in [2.45, 2.75) is 23.0 Å². The number of rotatable bonds is 6. The molecule has 1 N–H and O–H groups in total. The molecule has 0 spiro atoms. The highest BCUT2D eigenvalue weighted by atomic mass is 32.2. The van der Waals surface area contributed by atoms with E-state index in [1.165, 1.54) is 17.3 Å². The van der Waals surface area contributed by atoms with Crippen molar-refractivity contribution in [1.29, 1.82) is 0 Å². The molecule has 0 saturated carbocycles. The van der Waals surface area contributed by atoms with Gasteiger partial charge in [0.25, 0.3) is 5.91 Å². The number of hydrogen-bond acceptors (Lipinski definition) is 4. The molecule has 0 radical (unpaired) electrons. The van der Waals surface area contributed by atoms with Gasteiger partial charge in [-0.3, -0.25) is 4.79 Å². The Kier molecular flexibility index (Phi) is 6.25. The monoisotopic (exact) mass is 437 g/mol. The third kappa shape index (κ3) is 5.12. The first-order valence-corrected chi connectivity index (χ1v) is 12.6. The number of thioether (sulfide) groups is 1. The first-order valence-electron chi connectivity index (χ1n) is 9.89. The molecule has 6 heteroatoms. The number of benzene rings is 3. The zero-order valence-corrected chi connectivity index (χ0v) is 18.1. The average molecular weight is 438 g/mol. The fourth-order valence-electron chi connectivity index (χ4n) is 3.59. The largest absolute Gasteiger partial charge is 0.322 e. The predicted octanol–water partition coefficient (Wildman–Crippen LogP) is 4.81. The second-order valence-electron chi connectivity index (χ2n) is 7.41. The van der Waals surface area contributed by atoms with Crippen molar-refractivity contribution in [2.24, 2.45) is 0 Å². The fourth-order valence-corrected chi connectivity index (χ4v) is 7.22. The van der Waals surface area contributed by atoms with Gasteiger partial charge in [0.2, 0.25) is 0 Å². The summed E-state index contributed by atoms with van der Waals surface area (Å²) in [4.78, 5) is 13.9. The summed E-state index contributed by atoms with van der Waals surface area (Å²) in [5, 5.41) is 3.05. The van der Waals surface area contributed by atoms with E-state index in [2.05, 4.69) is 17.4 Å². The Hall–Kier alpha value is -2.57. The van der Waals surface area contributed by atoms with Gasteiger partial charge in [0.1, 0.15) is 0 Å². The van der Waals surface area contributed by atoms with Gasteiger partial charge in [-0.15, -0.1) is 11.8 Å². The van der Waals surface area contributed by atoms with Gasteiger partial charge in [0, 0.05) is 15.8 Å². The van der Waals surface area contributed by atoms with Crippen LogP contribution in [0.1, 0.15) is 27.9 Å². The normalized spacial score (nSPS) is 17.5. The van der Waals surface area contributed by atoms with Crippen molar-refractivity contribution in [1.82, 2.24) is 0 Å². The SMILES string of the molecule is O=C(Nc1ccccc1Cc1ccccc1)c1ccccc1SC1CCS(=O)(=O)C1. The molecule has 1 fully saturated rings. The zero-order chi connectivity index (χ0) is 21.0. The van der Waals surface area contributed by atoms with Crippen molar-refractivity contribution >= 4 is 33.2 Å². The Morgan fingerprint density at radius 1 is 0.933 bits per heavy atom. The molecule has 0 bridgehead atoms. The van der Waals surface area contributed by atoms with E-state index < -0.39 is 9.84 Å². The van der Waals surface area contributed by atoms with Gasteiger partial charge in [-0.25, -0.2) is 8.42 Å². The second-order valence-corrected chi connectivity index (χ2v) is 11.0. The third-order valence-corrected chi connectivity index (χ3v) is 8.44. The van der Waals surface area contributed by atoms with Crippen LogP contribution in [-0.2, 0) is 16.3 Å². The van der Waals surface area contributed by atoms with Crippen molar-refractivity contribution in [3.63, 3.8) is 0 Å². The van der Waals surface area contributed by atoms with Crippen LogP contribution in [0.2, 0.25) is 0 Å². The lowest BCUT2D eigenvalue weighted by atomic mass is 10.0. The highest BCUT2D eigenvalue weighted by Gasteiger charge is 2.29. The summed E-state index contributed by atoms with van der Waals surface area (Å²) >= 11 is 1.49. The number of nitrogens with one attached hydrogen (secondary N) is 1. The molecule has 30 heavy (non-hydrogen) atoms. The zero-order valence-electron chi connectivity index (χ0n) is 16.5. The van der Waals surface area contributed by atoms with Crippen LogP contribution < -0.4 is 5.32 Å². The molecule has 154 valence electrons. The van der Waals surface area contributed by atoms with Crippen molar-refractivity contribution in [3.05, 3.63) is 95.6 Å². The van der Waals surface area contributed by atoms with Gasteiger partial charge < -0.3 is 5.32 Å². The lowest BCUT2D eigenvalue weighted by Gasteiger charge is -2.15. The van der Waals surface area contributed by atoms with Crippen LogP contribution in [0.3, 0.4) is 0 Å². The Bertz CT molecular complexity index is 1140. The molecule has 4 rings (SSSR count). The molecular formula is C24H23NO3S2. The number of anilines is 1. The van der Waals surface area contributed by atoms with Crippen LogP contribution >= 0.6 is 11.8 Å². The van der Waals surface area contributed by atoms with Crippen LogP contribution in [-0.4, -0.2) is 31.1 Å². The molecule has 1 aliphatic heterocycles. The van der Waals surface area contributed by atoms with Gasteiger partial charge >= 0.3 is 0 Å². The lowest BCUT2D eigenvalue weighted by Crippen LogP contribution is -2.15. The summed E-state index contributed by atoms with van der Waals surface area (Å²) in [5.74, 6) is 0.221. The summed E-state index contributed by atoms with van der Waals surface area (Å²) in [6.45, 7) is 0. The van der Waals surface area contributed by atoms with Crippen LogP contribution in [0, 0.1) is 0 Å². The molecule has 1 aliphatic rings. The van der Waals surface area contributed by atoms with Gasteiger partial charge in [0.15, 0.2) is 9.84 Å². The van der Waals surface area contributed by atoms with E-state index in [1.807, 2.05) is 60.7 Å². The van der Waals surface area contributed by atoms with E-state index in [4.69, 9.17) is 0 Å². The molecular weight excluding hydrogens is 414 g/mol. The maximum Gasteiger partial charge on any atom is 0.256 e. The molecule has 1 amide bonds. The minimum Gasteiger partial charge on any atom is -0.322 e. The van der Waals surface area contributed by atoms with Crippen LogP contribution in [0.5, 0.6) is 0 Å². The molecule has 3 aromatic rings. The number of carbonyl (C=O) groups excluding carboxylic acids is 1. The summed E-state index contributed by atoms with van der Waals surface area (Å²) in [7, 11) is -2.95. The van der Waals surface area contributed by atoms with Crippen LogP contribution in [0.4, 0.5) is 5.69 Å². The van der Waals surface area contributed by atoms with E-state index in [0.29, 0.717) is 12.0 Å². The summed E-state index contributed by atoms with van der Waals surface area (Å²) < 4.78 is 23.6. The number of para-hydroxylation sites is 1. The molecule has 0 aliphatic carbocycles. The predicted molar refractivity (Wildman–Crippen MR) is 123 cm³/mol. The topological polar surface area (TPSA) is 63.2 Å². The number of sulfone groups is 1. The Morgan fingerprint density at radius 2 is 1.63 bits per heavy atom. The van der Waals surface area contributed by atoms with Gasteiger partial charge in [0.05, 0.1) is 17.1 Å². The maximum absolute atomic E-state index is 13.1. The quantitative estimate of drug-likeness (QED) is 0.601. The Labute approximate surface area is 181 Å². The van der Waals surface area contributed by atoms with Gasteiger partial charge in [-0.05, 0) is 42.2 Å². The summed E-state index contributed by atoms with van der Waals surface area (Å²) in [6, 6.07) is 25.4. The molecule has 1 saturated heterocycles. The minimum absolute atomic E-state index is 0.00526. The standard InChI is InChI=1S/C24H23NO3S2/c26-24(21-11-5-7-13-23(21)29-20-14-15-30(27,28)17-20)25-22-12-6-4-10-19(22)16-18-8-2-1-3-9-18/h1-13,20H,14-17H2,(H,25,26). The summed E-state index contributed by atoms with van der Waals surface area (Å²) in [5.41, 5.74) is 3.58. The van der Waals surface area contributed by atoms with E-state index >= 15 is 0 Å². The van der Waals surface area contributed by atoms with E-state index in [1.54, 1.807) is 6.07 Å². The molecule has 4 nitrogen and oxygen atoms in total. The van der Waals surface area contributed by atoms with E-state index in [0.717, 1.165) is 22.6 Å². The Balaban J connectivity index is 1.53. The molecule has 0 aromatic heterocycles. The number of amides is 1. The minimum atomic E-state index is -2.95. The van der Waals surface area contributed by atoms with Crippen LogP contribution in [0.25, 0.3) is 0 Å². The van der Waals surface area contributed by atoms with Crippen molar-refractivity contribution in [3.8, 4) is 0 Å². The first-order chi connectivity index (χ1) is 14.5. The number of carbonyl (C=O) groups is 1. The maximum atomic E-state index is 13.1. The average Bonchev–Trinajstić information content (AvgIpc) is 3.09. The van der Waals surface area contributed by atoms with Gasteiger partial charge in [-0.2, -0.15) is 0 Å². The highest BCUT2D eigenvalue weighted by molar-refractivity contribution is 8.02. The van der Waals surface area contributed by atoms with Crippen molar-refractivity contribution in [2.75, 3.05) is 16.8 Å². The molecule has 1 heterocycles. The molecule has 3 aromatic carbocycles. The molecule has 1 atom stereocenters. The molecule has 1 unspecified atom stereocenters.